The lowest BCUT2D eigenvalue weighted by molar-refractivity contribution is 0.107. The van der Waals surface area contributed by atoms with E-state index < -0.39 is 29.4 Å². The summed E-state index contributed by atoms with van der Waals surface area (Å²) in [6.45, 7) is 4.28. The number of hydrogen-bond donors (Lipinski definition) is 1. The Morgan fingerprint density at radius 3 is 2.81 bits per heavy atom. The summed E-state index contributed by atoms with van der Waals surface area (Å²) in [5.74, 6) is -1.09. The van der Waals surface area contributed by atoms with Crippen molar-refractivity contribution in [3.05, 3.63) is 52.0 Å². The van der Waals surface area contributed by atoms with E-state index in [1.165, 1.54) is 18.5 Å². The molecule has 18 heteroatoms. The molecule has 3 fully saturated rings. The van der Waals surface area contributed by atoms with Crippen LogP contribution in [0.25, 0.3) is 32.1 Å². The van der Waals surface area contributed by atoms with Crippen LogP contribution >= 0.6 is 34.5 Å². The SMILES string of the molecule is CCN(C(=O)n1cnc(Cl)n1)[C@H]1CCCN(c2nc(OC[C@@]34CCCN3C[C@H](F)C4)nc3c(F)c(-c4ccc(F)c5sc(N)c(C#N)c45)c(Cl)cc23)C1. The summed E-state index contributed by atoms with van der Waals surface area (Å²) in [7, 11) is 0. The highest BCUT2D eigenvalue weighted by Gasteiger charge is 2.49. The summed E-state index contributed by atoms with van der Waals surface area (Å²) in [5.41, 5.74) is 5.58. The molecule has 0 unspecified atom stereocenters. The number of rotatable bonds is 7. The van der Waals surface area contributed by atoms with E-state index in [0.29, 0.717) is 51.3 Å². The maximum Gasteiger partial charge on any atom is 0.346 e. The van der Waals surface area contributed by atoms with Gasteiger partial charge in [-0.25, -0.2) is 22.9 Å². The summed E-state index contributed by atoms with van der Waals surface area (Å²) in [6.07, 6.45) is 3.60. The third-order valence-electron chi connectivity index (χ3n) is 10.7. The zero-order valence-electron chi connectivity index (χ0n) is 28.5. The molecule has 2 aromatic carbocycles. The Bertz CT molecular complexity index is 2320. The number of piperidine rings is 1. The third kappa shape index (κ3) is 6.07. The van der Waals surface area contributed by atoms with Crippen LogP contribution in [0.15, 0.2) is 24.5 Å². The normalized spacial score (nSPS) is 21.7. The molecule has 0 spiro atoms. The van der Waals surface area contributed by atoms with Gasteiger partial charge in [-0.05, 0) is 68.4 Å². The number of amides is 1. The Hall–Kier alpha value is -4.43. The van der Waals surface area contributed by atoms with Crippen molar-refractivity contribution in [2.45, 2.75) is 56.8 Å². The zero-order chi connectivity index (χ0) is 37.2. The van der Waals surface area contributed by atoms with E-state index in [-0.39, 0.29) is 71.6 Å². The second-order valence-corrected chi connectivity index (χ2v) is 15.5. The van der Waals surface area contributed by atoms with Gasteiger partial charge >= 0.3 is 12.0 Å². The number of halogens is 5. The van der Waals surface area contributed by atoms with Crippen LogP contribution in [0.1, 0.15) is 44.6 Å². The van der Waals surface area contributed by atoms with Gasteiger partial charge in [-0.1, -0.05) is 17.7 Å². The highest BCUT2D eigenvalue weighted by Crippen LogP contribution is 2.46. The molecule has 0 saturated carbocycles. The second-order valence-electron chi connectivity index (χ2n) is 13.7. The first kappa shape index (κ1) is 35.6. The van der Waals surface area contributed by atoms with Gasteiger partial charge in [0.15, 0.2) is 5.82 Å². The molecule has 3 saturated heterocycles. The highest BCUT2D eigenvalue weighted by molar-refractivity contribution is 7.23. The number of anilines is 2. The molecule has 1 amide bonds. The molecule has 0 radical (unpaired) electrons. The minimum absolute atomic E-state index is 0.0162. The van der Waals surface area contributed by atoms with Gasteiger partial charge in [0.05, 0.1) is 26.9 Å². The van der Waals surface area contributed by atoms with Gasteiger partial charge in [-0.3, -0.25) is 4.90 Å². The Morgan fingerprint density at radius 1 is 1.23 bits per heavy atom. The molecule has 3 atom stereocenters. The van der Waals surface area contributed by atoms with Crippen molar-refractivity contribution >= 4 is 72.4 Å². The van der Waals surface area contributed by atoms with Gasteiger partial charge in [0, 0.05) is 48.9 Å². The molecule has 5 aromatic rings. The van der Waals surface area contributed by atoms with Crippen molar-refractivity contribution in [2.75, 3.05) is 50.0 Å². The Kier molecular flexibility index (Phi) is 9.24. The number of alkyl halides is 1. The van der Waals surface area contributed by atoms with E-state index in [0.717, 1.165) is 35.4 Å². The van der Waals surface area contributed by atoms with Crippen molar-refractivity contribution in [3.8, 4) is 23.2 Å². The maximum absolute atomic E-state index is 17.2. The Morgan fingerprint density at radius 2 is 2.06 bits per heavy atom. The highest BCUT2D eigenvalue weighted by atomic mass is 35.5. The van der Waals surface area contributed by atoms with E-state index in [4.69, 9.17) is 38.7 Å². The number of aromatic nitrogens is 5. The fourth-order valence-corrected chi connectivity index (χ4v) is 9.65. The van der Waals surface area contributed by atoms with Crippen molar-refractivity contribution in [1.82, 2.24) is 34.5 Å². The molecule has 0 aliphatic carbocycles. The molecule has 3 aromatic heterocycles. The number of thiophene rings is 1. The third-order valence-corrected chi connectivity index (χ3v) is 12.2. The number of benzene rings is 2. The number of nitriles is 1. The topological polar surface area (TPSA) is 142 Å². The lowest BCUT2D eigenvalue weighted by Crippen LogP contribution is -2.51. The van der Waals surface area contributed by atoms with E-state index in [1.807, 2.05) is 17.9 Å². The number of carbonyl (C=O) groups excluding carboxylic acids is 1. The molecular weight excluding hydrogens is 752 g/mol. The number of ether oxygens (including phenoxy) is 1. The predicted octanol–water partition coefficient (Wildman–Crippen LogP) is 7.06. The van der Waals surface area contributed by atoms with E-state index in [1.54, 1.807) is 11.0 Å². The second kappa shape index (κ2) is 13.8. The lowest BCUT2D eigenvalue weighted by Gasteiger charge is -2.39. The van der Waals surface area contributed by atoms with E-state index in [2.05, 4.69) is 20.0 Å². The molecule has 53 heavy (non-hydrogen) atoms. The van der Waals surface area contributed by atoms with Crippen LogP contribution in [0.2, 0.25) is 10.3 Å². The minimum Gasteiger partial charge on any atom is -0.461 e. The van der Waals surface area contributed by atoms with Crippen molar-refractivity contribution < 1.29 is 22.7 Å². The summed E-state index contributed by atoms with van der Waals surface area (Å²) >= 11 is 13.7. The summed E-state index contributed by atoms with van der Waals surface area (Å²) in [6, 6.07) is 5.34. The Balaban J connectivity index is 1.24. The minimum atomic E-state index is -0.978. The van der Waals surface area contributed by atoms with E-state index in [9.17, 15) is 18.8 Å². The number of hydrogen-bond acceptors (Lipinski definition) is 11. The summed E-state index contributed by atoms with van der Waals surface area (Å²) in [4.78, 5) is 32.4. The predicted molar refractivity (Wildman–Crippen MR) is 196 cm³/mol. The fraction of sp³-hybridized carbons (Fsp3) is 0.429. The monoisotopic (exact) mass is 784 g/mol. The van der Waals surface area contributed by atoms with Crippen LogP contribution in [0.3, 0.4) is 0 Å². The Labute approximate surface area is 315 Å². The van der Waals surface area contributed by atoms with Gasteiger partial charge < -0.3 is 20.3 Å². The first-order valence-corrected chi connectivity index (χ1v) is 18.8. The van der Waals surface area contributed by atoms with Crippen LogP contribution in [-0.4, -0.2) is 97.6 Å². The number of nitrogens with two attached hydrogens (primary N) is 1. The van der Waals surface area contributed by atoms with Crippen molar-refractivity contribution in [3.63, 3.8) is 0 Å². The smallest absolute Gasteiger partial charge is 0.346 e. The maximum atomic E-state index is 17.2. The number of nitrogens with zero attached hydrogens (tertiary/aromatic N) is 9. The van der Waals surface area contributed by atoms with Gasteiger partial charge in [-0.2, -0.15) is 19.9 Å². The molecule has 12 nitrogen and oxygen atoms in total. The molecule has 3 aliphatic rings. The van der Waals surface area contributed by atoms with Crippen LogP contribution < -0.4 is 15.4 Å². The standard InChI is InChI=1S/C35H33Cl2F3N10O2S/c1-2-49(34(51)50-17-43-32(37)46-50)19-5-3-9-47(15-19)31-21-11-23(36)26(20-6-7-24(39)29-25(20)22(13-41)30(42)53-29)27(40)28(21)44-33(45-31)52-16-35-8-4-10-48(35)14-18(38)12-35/h6-7,11,17-19H,2-5,8-10,12,14-16,42H2,1H3/t18-,19+,35+/m1/s1. The van der Waals surface area contributed by atoms with Crippen LogP contribution in [-0.2, 0) is 0 Å². The van der Waals surface area contributed by atoms with Crippen LogP contribution in [0.4, 0.5) is 28.8 Å². The summed E-state index contributed by atoms with van der Waals surface area (Å²) in [5, 5.41) is 14.4. The largest absolute Gasteiger partial charge is 0.461 e. The number of nitrogen functional groups attached to an aromatic ring is 1. The van der Waals surface area contributed by atoms with Gasteiger partial charge in [0.1, 0.15) is 47.3 Å². The number of carbonyl (C=O) groups is 1. The van der Waals surface area contributed by atoms with Crippen LogP contribution in [0, 0.1) is 23.0 Å². The average molecular weight is 786 g/mol. The lowest BCUT2D eigenvalue weighted by atomic mass is 9.95. The fourth-order valence-electron chi connectivity index (χ4n) is 8.29. The molecule has 2 N–H and O–H groups in total. The number of likely N-dealkylation sites (N-methyl/N-ethyl adjacent to an activating group) is 1. The zero-order valence-corrected chi connectivity index (χ0v) is 30.8. The first-order chi connectivity index (χ1) is 25.5. The van der Waals surface area contributed by atoms with Crippen molar-refractivity contribution in [1.29, 1.82) is 5.26 Å². The summed E-state index contributed by atoms with van der Waals surface area (Å²) < 4.78 is 54.3. The molecule has 6 heterocycles. The first-order valence-electron chi connectivity index (χ1n) is 17.3. The molecule has 276 valence electrons. The number of fused-ring (bicyclic) bond motifs is 3. The average Bonchev–Trinajstić information content (AvgIpc) is 3.90. The van der Waals surface area contributed by atoms with Gasteiger partial charge in [0.25, 0.3) is 0 Å². The van der Waals surface area contributed by atoms with Crippen molar-refractivity contribution in [2.24, 2.45) is 0 Å². The quantitative estimate of drug-likeness (QED) is 0.182. The molecule has 8 rings (SSSR count). The van der Waals surface area contributed by atoms with E-state index >= 15 is 4.39 Å². The van der Waals surface area contributed by atoms with Crippen LogP contribution in [0.5, 0.6) is 6.01 Å². The molecular formula is C35H33Cl2F3N10O2S. The molecule has 3 aliphatic heterocycles. The molecule has 0 bridgehead atoms. The van der Waals surface area contributed by atoms with Gasteiger partial charge in [-0.15, -0.1) is 16.4 Å². The van der Waals surface area contributed by atoms with Gasteiger partial charge in [0.2, 0.25) is 5.28 Å².